The predicted octanol–water partition coefficient (Wildman–Crippen LogP) is 1.67. The lowest BCUT2D eigenvalue weighted by Crippen LogP contribution is -2.47. The van der Waals surface area contributed by atoms with E-state index in [1.54, 1.807) is 0 Å². The smallest absolute Gasteiger partial charge is 0.308 e. The third kappa shape index (κ3) is 3.69. The molecule has 1 saturated carbocycles. The highest BCUT2D eigenvalue weighted by atomic mass is 16.4. The number of likely N-dealkylation sites (tertiary alicyclic amines) is 1. The van der Waals surface area contributed by atoms with Gasteiger partial charge in [-0.2, -0.15) is 0 Å². The van der Waals surface area contributed by atoms with Crippen molar-refractivity contribution in [3.05, 3.63) is 0 Å². The number of piperidine rings is 1. The lowest BCUT2D eigenvalue weighted by molar-refractivity contribution is -0.157. The monoisotopic (exact) mass is 269 g/mol. The van der Waals surface area contributed by atoms with E-state index < -0.39 is 23.8 Å². The van der Waals surface area contributed by atoms with E-state index in [1.807, 2.05) is 0 Å². The molecule has 0 bridgehead atoms. The van der Waals surface area contributed by atoms with E-state index in [9.17, 15) is 14.7 Å². The summed E-state index contributed by atoms with van der Waals surface area (Å²) in [6.07, 6.45) is 6.79. The number of aliphatic carboxylic acids is 2. The number of hydrogen-bond acceptors (Lipinski definition) is 3. The van der Waals surface area contributed by atoms with E-state index in [0.717, 1.165) is 13.1 Å². The summed E-state index contributed by atoms with van der Waals surface area (Å²) in [5.41, 5.74) is 0. The molecule has 5 nitrogen and oxygen atoms in total. The summed E-state index contributed by atoms with van der Waals surface area (Å²) >= 11 is 0. The van der Waals surface area contributed by atoms with Crippen LogP contribution in [0.15, 0.2) is 0 Å². The molecule has 2 atom stereocenters. The standard InChI is InChI=1S/C14H23NO4/c16-13(17)11-6-7-15(9-12(11)14(18)19)8-10-4-2-1-3-5-10/h10-12H,1-9H2,(H,16,17)(H,18,19). The Labute approximate surface area is 113 Å². The van der Waals surface area contributed by atoms with Crippen LogP contribution < -0.4 is 0 Å². The van der Waals surface area contributed by atoms with Gasteiger partial charge in [-0.15, -0.1) is 0 Å². The second-order valence-corrected chi connectivity index (χ2v) is 5.94. The Balaban J connectivity index is 1.90. The Morgan fingerprint density at radius 3 is 2.16 bits per heavy atom. The lowest BCUT2D eigenvalue weighted by Gasteiger charge is -2.37. The molecule has 2 fully saturated rings. The first-order chi connectivity index (χ1) is 9.08. The molecule has 1 aliphatic heterocycles. The van der Waals surface area contributed by atoms with Crippen LogP contribution in [-0.2, 0) is 9.59 Å². The Hall–Kier alpha value is -1.10. The van der Waals surface area contributed by atoms with Crippen LogP contribution in [-0.4, -0.2) is 46.7 Å². The van der Waals surface area contributed by atoms with Crippen LogP contribution in [0.4, 0.5) is 0 Å². The third-order valence-corrected chi connectivity index (χ3v) is 4.57. The van der Waals surface area contributed by atoms with Crippen molar-refractivity contribution in [1.82, 2.24) is 4.90 Å². The van der Waals surface area contributed by atoms with Crippen molar-refractivity contribution in [2.45, 2.75) is 38.5 Å². The highest BCUT2D eigenvalue weighted by molar-refractivity contribution is 5.80. The van der Waals surface area contributed by atoms with Crippen molar-refractivity contribution in [2.24, 2.45) is 17.8 Å². The number of nitrogens with zero attached hydrogens (tertiary/aromatic N) is 1. The van der Waals surface area contributed by atoms with Gasteiger partial charge in [0, 0.05) is 13.1 Å². The Bertz CT molecular complexity index is 338. The molecule has 2 N–H and O–H groups in total. The van der Waals surface area contributed by atoms with Crippen molar-refractivity contribution in [1.29, 1.82) is 0 Å². The van der Waals surface area contributed by atoms with Gasteiger partial charge >= 0.3 is 11.9 Å². The van der Waals surface area contributed by atoms with Crippen LogP contribution in [0.25, 0.3) is 0 Å². The van der Waals surface area contributed by atoms with Gasteiger partial charge in [-0.3, -0.25) is 9.59 Å². The van der Waals surface area contributed by atoms with Gasteiger partial charge in [-0.25, -0.2) is 0 Å². The lowest BCUT2D eigenvalue weighted by atomic mass is 9.84. The minimum absolute atomic E-state index is 0.392. The Morgan fingerprint density at radius 2 is 1.58 bits per heavy atom. The molecule has 1 heterocycles. The number of carboxylic acids is 2. The Morgan fingerprint density at radius 1 is 0.947 bits per heavy atom. The summed E-state index contributed by atoms with van der Waals surface area (Å²) < 4.78 is 0. The SMILES string of the molecule is O=C(O)C1CCN(CC2CCCCC2)CC1C(=O)O. The van der Waals surface area contributed by atoms with Crippen LogP contribution in [0.5, 0.6) is 0 Å². The molecule has 2 rings (SSSR count). The fourth-order valence-electron chi connectivity index (χ4n) is 3.47. The van der Waals surface area contributed by atoms with Crippen molar-refractivity contribution in [3.63, 3.8) is 0 Å². The van der Waals surface area contributed by atoms with E-state index in [0.29, 0.717) is 18.9 Å². The van der Waals surface area contributed by atoms with Crippen molar-refractivity contribution in [2.75, 3.05) is 19.6 Å². The van der Waals surface area contributed by atoms with Crippen molar-refractivity contribution >= 4 is 11.9 Å². The molecule has 108 valence electrons. The molecule has 5 heteroatoms. The van der Waals surface area contributed by atoms with Gasteiger partial charge in [0.05, 0.1) is 11.8 Å². The Kier molecular flexibility index (Phi) is 4.80. The zero-order chi connectivity index (χ0) is 13.8. The molecule has 0 amide bonds. The molecule has 1 aliphatic carbocycles. The first-order valence-electron chi connectivity index (χ1n) is 7.26. The van der Waals surface area contributed by atoms with Gasteiger partial charge in [0.2, 0.25) is 0 Å². The van der Waals surface area contributed by atoms with Crippen LogP contribution in [0.1, 0.15) is 38.5 Å². The fraction of sp³-hybridized carbons (Fsp3) is 0.857. The number of rotatable bonds is 4. The highest BCUT2D eigenvalue weighted by Crippen LogP contribution is 2.28. The number of carboxylic acid groups (broad SMARTS) is 2. The zero-order valence-corrected chi connectivity index (χ0v) is 11.3. The molecule has 0 aromatic carbocycles. The number of carbonyl (C=O) groups is 2. The van der Waals surface area contributed by atoms with Crippen LogP contribution in [0.3, 0.4) is 0 Å². The second-order valence-electron chi connectivity index (χ2n) is 5.94. The molecule has 19 heavy (non-hydrogen) atoms. The van der Waals surface area contributed by atoms with Gasteiger partial charge < -0.3 is 15.1 Å². The molecular formula is C14H23NO4. The number of hydrogen-bond donors (Lipinski definition) is 2. The normalized spacial score (nSPS) is 30.1. The van der Waals surface area contributed by atoms with E-state index in [4.69, 9.17) is 5.11 Å². The second kappa shape index (κ2) is 6.37. The summed E-state index contributed by atoms with van der Waals surface area (Å²) in [5, 5.41) is 18.3. The molecule has 1 saturated heterocycles. The maximum atomic E-state index is 11.2. The summed E-state index contributed by atoms with van der Waals surface area (Å²) in [6, 6.07) is 0. The van der Waals surface area contributed by atoms with E-state index in [2.05, 4.69) is 4.90 Å². The van der Waals surface area contributed by atoms with Gasteiger partial charge in [0.1, 0.15) is 0 Å². The molecule has 0 spiro atoms. The largest absolute Gasteiger partial charge is 0.481 e. The predicted molar refractivity (Wildman–Crippen MR) is 69.9 cm³/mol. The van der Waals surface area contributed by atoms with Crippen LogP contribution in [0, 0.1) is 17.8 Å². The van der Waals surface area contributed by atoms with Gasteiger partial charge in [-0.05, 0) is 31.7 Å². The topological polar surface area (TPSA) is 77.8 Å². The molecule has 2 aliphatic rings. The fourth-order valence-corrected chi connectivity index (χ4v) is 3.47. The van der Waals surface area contributed by atoms with Gasteiger partial charge in [0.25, 0.3) is 0 Å². The summed E-state index contributed by atoms with van der Waals surface area (Å²) in [5.74, 6) is -2.75. The first kappa shape index (κ1) is 14.3. The highest BCUT2D eigenvalue weighted by Gasteiger charge is 2.39. The van der Waals surface area contributed by atoms with Gasteiger partial charge in [-0.1, -0.05) is 19.3 Å². The zero-order valence-electron chi connectivity index (χ0n) is 11.3. The molecular weight excluding hydrogens is 246 g/mol. The first-order valence-corrected chi connectivity index (χ1v) is 7.26. The molecule has 2 unspecified atom stereocenters. The average molecular weight is 269 g/mol. The van der Waals surface area contributed by atoms with E-state index >= 15 is 0 Å². The summed E-state index contributed by atoms with van der Waals surface area (Å²) in [6.45, 7) is 2.05. The molecule has 0 aromatic heterocycles. The van der Waals surface area contributed by atoms with Crippen molar-refractivity contribution in [3.8, 4) is 0 Å². The summed E-state index contributed by atoms with van der Waals surface area (Å²) in [4.78, 5) is 24.5. The van der Waals surface area contributed by atoms with Crippen molar-refractivity contribution < 1.29 is 19.8 Å². The maximum absolute atomic E-state index is 11.2. The minimum atomic E-state index is -0.972. The maximum Gasteiger partial charge on any atom is 0.308 e. The molecule has 0 aromatic rings. The third-order valence-electron chi connectivity index (χ3n) is 4.57. The van der Waals surface area contributed by atoms with Crippen LogP contribution >= 0.6 is 0 Å². The van der Waals surface area contributed by atoms with E-state index in [-0.39, 0.29) is 0 Å². The average Bonchev–Trinajstić information content (AvgIpc) is 2.39. The molecule has 0 radical (unpaired) electrons. The quantitative estimate of drug-likeness (QED) is 0.811. The van der Waals surface area contributed by atoms with Crippen LogP contribution in [0.2, 0.25) is 0 Å². The van der Waals surface area contributed by atoms with Gasteiger partial charge in [0.15, 0.2) is 0 Å². The summed E-state index contributed by atoms with van der Waals surface area (Å²) in [7, 11) is 0. The minimum Gasteiger partial charge on any atom is -0.481 e. The van der Waals surface area contributed by atoms with E-state index in [1.165, 1.54) is 32.1 Å².